The fourth-order valence-corrected chi connectivity index (χ4v) is 5.04. The molecule has 0 saturated heterocycles. The van der Waals surface area contributed by atoms with Crippen molar-refractivity contribution in [3.8, 4) is 33.9 Å². The van der Waals surface area contributed by atoms with Gasteiger partial charge in [-0.15, -0.1) is 0 Å². The highest BCUT2D eigenvalue weighted by Crippen LogP contribution is 2.42. The highest BCUT2D eigenvalue weighted by molar-refractivity contribution is 5.97. The minimum Gasteiger partial charge on any atom is -0.507 e. The summed E-state index contributed by atoms with van der Waals surface area (Å²) in [6, 6.07) is 10.6. The first-order valence-corrected chi connectivity index (χ1v) is 11.5. The summed E-state index contributed by atoms with van der Waals surface area (Å²) in [6.07, 6.45) is 2.20. The maximum Gasteiger partial charge on any atom is 0.339 e. The lowest BCUT2D eigenvalue weighted by molar-refractivity contribution is 0.0693. The first kappa shape index (κ1) is 22.0. The monoisotopic (exact) mass is 459 g/mol. The Kier molecular flexibility index (Phi) is 5.31. The first-order chi connectivity index (χ1) is 16.3. The summed E-state index contributed by atoms with van der Waals surface area (Å²) >= 11 is 0. The lowest BCUT2D eigenvalue weighted by Gasteiger charge is -2.18. The van der Waals surface area contributed by atoms with Crippen molar-refractivity contribution in [2.24, 2.45) is 0 Å². The van der Waals surface area contributed by atoms with Crippen molar-refractivity contribution in [1.29, 1.82) is 0 Å². The zero-order chi connectivity index (χ0) is 24.1. The van der Waals surface area contributed by atoms with Crippen LogP contribution in [0.15, 0.2) is 36.4 Å². The van der Waals surface area contributed by atoms with Crippen molar-refractivity contribution in [3.63, 3.8) is 0 Å². The molecule has 0 amide bonds. The van der Waals surface area contributed by atoms with Gasteiger partial charge in [-0.3, -0.25) is 0 Å². The van der Waals surface area contributed by atoms with Gasteiger partial charge in [-0.1, -0.05) is 19.1 Å². The van der Waals surface area contributed by atoms with Crippen LogP contribution in [0.5, 0.6) is 11.5 Å². The molecular formula is C28H26FNO4. The predicted molar refractivity (Wildman–Crippen MR) is 130 cm³/mol. The molecule has 3 N–H and O–H groups in total. The van der Waals surface area contributed by atoms with Crippen molar-refractivity contribution in [2.45, 2.75) is 40.0 Å². The zero-order valence-corrected chi connectivity index (χ0v) is 19.4. The molecule has 1 aliphatic carbocycles. The van der Waals surface area contributed by atoms with Crippen LogP contribution >= 0.6 is 0 Å². The second-order valence-corrected chi connectivity index (χ2v) is 8.95. The van der Waals surface area contributed by atoms with Gasteiger partial charge in [0, 0.05) is 16.5 Å². The average molecular weight is 460 g/mol. The van der Waals surface area contributed by atoms with Crippen molar-refractivity contribution in [3.05, 3.63) is 70.0 Å². The number of aromatic carboxylic acids is 1. The molecule has 1 aromatic heterocycles. The number of hydrogen-bond acceptors (Lipinski definition) is 3. The van der Waals surface area contributed by atoms with Crippen LogP contribution in [0.25, 0.3) is 33.3 Å². The number of halogens is 1. The molecule has 0 atom stereocenters. The predicted octanol–water partition coefficient (Wildman–Crippen LogP) is 6.55. The van der Waals surface area contributed by atoms with Crippen molar-refractivity contribution < 1.29 is 24.1 Å². The Morgan fingerprint density at radius 2 is 1.82 bits per heavy atom. The van der Waals surface area contributed by atoms with Crippen LogP contribution in [-0.2, 0) is 12.8 Å². The summed E-state index contributed by atoms with van der Waals surface area (Å²) in [7, 11) is 0. The molecule has 1 aliphatic rings. The number of phenols is 1. The Morgan fingerprint density at radius 3 is 2.50 bits per heavy atom. The lowest BCUT2D eigenvalue weighted by atomic mass is 9.87. The Hall–Kier alpha value is -3.80. The van der Waals surface area contributed by atoms with Gasteiger partial charge in [0.15, 0.2) is 5.82 Å². The van der Waals surface area contributed by atoms with Gasteiger partial charge in [0.1, 0.15) is 17.1 Å². The fraction of sp³-hybridized carbons (Fsp3) is 0.250. The van der Waals surface area contributed by atoms with Crippen LogP contribution < -0.4 is 4.74 Å². The lowest BCUT2D eigenvalue weighted by Crippen LogP contribution is -2.06. The smallest absolute Gasteiger partial charge is 0.339 e. The number of H-pyrrole nitrogens is 1. The normalized spacial score (nSPS) is 12.5. The van der Waals surface area contributed by atoms with Crippen LogP contribution in [0.2, 0.25) is 0 Å². The Bertz CT molecular complexity index is 1440. The van der Waals surface area contributed by atoms with Gasteiger partial charge in [0.25, 0.3) is 0 Å². The number of aromatic amines is 1. The largest absolute Gasteiger partial charge is 0.507 e. The number of fused-ring (bicyclic) bond motifs is 5. The molecule has 34 heavy (non-hydrogen) atoms. The summed E-state index contributed by atoms with van der Waals surface area (Å²) in [5.74, 6) is -0.953. The van der Waals surface area contributed by atoms with Crippen molar-refractivity contribution >= 4 is 16.9 Å². The van der Waals surface area contributed by atoms with E-state index in [1.54, 1.807) is 0 Å². The number of carbonyl (C=O) groups is 1. The second-order valence-electron chi connectivity index (χ2n) is 8.95. The SMILES string of the molecule is CCCOc1c(C)cc(-c2ccc3c4c([nH]c3c2F)-c2cc(O)c(C(=O)O)cc2CC4)cc1C. The van der Waals surface area contributed by atoms with Gasteiger partial charge in [0.05, 0.1) is 17.8 Å². The summed E-state index contributed by atoms with van der Waals surface area (Å²) in [5.41, 5.74) is 6.76. The van der Waals surface area contributed by atoms with E-state index in [1.165, 1.54) is 12.1 Å². The number of nitrogens with one attached hydrogen (secondary N) is 1. The zero-order valence-electron chi connectivity index (χ0n) is 19.4. The maximum absolute atomic E-state index is 15.8. The van der Waals surface area contributed by atoms with Crippen LogP contribution in [-0.4, -0.2) is 27.8 Å². The third kappa shape index (κ3) is 3.41. The minimum atomic E-state index is -1.17. The van der Waals surface area contributed by atoms with E-state index in [0.717, 1.165) is 51.1 Å². The van der Waals surface area contributed by atoms with Crippen LogP contribution in [0.1, 0.15) is 46.0 Å². The molecule has 3 aromatic carbocycles. The fourth-order valence-electron chi connectivity index (χ4n) is 5.04. The summed E-state index contributed by atoms with van der Waals surface area (Å²) in [5, 5.41) is 20.4. The highest BCUT2D eigenvalue weighted by atomic mass is 19.1. The van der Waals surface area contributed by atoms with Crippen LogP contribution in [0, 0.1) is 19.7 Å². The molecule has 0 radical (unpaired) electrons. The summed E-state index contributed by atoms with van der Waals surface area (Å²) < 4.78 is 21.7. The van der Waals surface area contributed by atoms with Gasteiger partial charge >= 0.3 is 5.97 Å². The molecule has 1 heterocycles. The van der Waals surface area contributed by atoms with Gasteiger partial charge < -0.3 is 19.9 Å². The van der Waals surface area contributed by atoms with E-state index < -0.39 is 5.97 Å². The number of carboxylic acids is 1. The molecular weight excluding hydrogens is 433 g/mol. The number of ether oxygens (including phenoxy) is 1. The Balaban J connectivity index is 1.63. The molecule has 0 bridgehead atoms. The molecule has 0 spiro atoms. The van der Waals surface area contributed by atoms with E-state index in [4.69, 9.17) is 4.74 Å². The van der Waals surface area contributed by atoms with E-state index >= 15 is 4.39 Å². The topological polar surface area (TPSA) is 82.5 Å². The number of aromatic hydroxyl groups is 1. The molecule has 5 rings (SSSR count). The van der Waals surface area contributed by atoms with Crippen LogP contribution in [0.3, 0.4) is 0 Å². The molecule has 5 nitrogen and oxygen atoms in total. The molecule has 0 saturated carbocycles. The van der Waals surface area contributed by atoms with E-state index in [9.17, 15) is 15.0 Å². The molecule has 4 aromatic rings. The van der Waals surface area contributed by atoms with E-state index in [0.29, 0.717) is 36.1 Å². The van der Waals surface area contributed by atoms with Gasteiger partial charge in [-0.05, 0) is 85.2 Å². The van der Waals surface area contributed by atoms with Gasteiger partial charge in [0.2, 0.25) is 0 Å². The number of aryl methyl sites for hydroxylation is 4. The number of carboxylic acid groups (broad SMARTS) is 1. The third-order valence-corrected chi connectivity index (χ3v) is 6.61. The standard InChI is InChI=1S/C28H26FNO4/c1-4-9-34-27-14(2)10-17(11-15(27)3)18-7-8-20-19-6-5-16-12-22(28(32)33)23(31)13-21(16)25(19)30-26(20)24(18)29/h7-8,10-13,30-31H,4-6,9H2,1-3H3,(H,32,33). The third-order valence-electron chi connectivity index (χ3n) is 6.61. The van der Waals surface area contributed by atoms with Gasteiger partial charge in [-0.2, -0.15) is 0 Å². The van der Waals surface area contributed by atoms with E-state index in [2.05, 4.69) is 11.9 Å². The summed E-state index contributed by atoms with van der Waals surface area (Å²) in [4.78, 5) is 14.6. The van der Waals surface area contributed by atoms with Crippen molar-refractivity contribution in [1.82, 2.24) is 4.98 Å². The maximum atomic E-state index is 15.8. The van der Waals surface area contributed by atoms with Crippen molar-refractivity contribution in [2.75, 3.05) is 6.61 Å². The second kappa shape index (κ2) is 8.20. The Labute approximate surface area is 196 Å². The average Bonchev–Trinajstić information content (AvgIpc) is 3.18. The number of hydrogen-bond donors (Lipinski definition) is 3. The van der Waals surface area contributed by atoms with E-state index in [-0.39, 0.29) is 17.1 Å². The number of benzene rings is 3. The quantitative estimate of drug-likeness (QED) is 0.316. The number of aromatic nitrogens is 1. The highest BCUT2D eigenvalue weighted by Gasteiger charge is 2.26. The Morgan fingerprint density at radius 1 is 1.09 bits per heavy atom. The van der Waals surface area contributed by atoms with E-state index in [1.807, 2.05) is 38.1 Å². The minimum absolute atomic E-state index is 0.121. The number of rotatable bonds is 5. The summed E-state index contributed by atoms with van der Waals surface area (Å²) in [6.45, 7) is 6.64. The molecule has 0 unspecified atom stereocenters. The molecule has 0 aliphatic heterocycles. The molecule has 0 fully saturated rings. The van der Waals surface area contributed by atoms with Crippen LogP contribution in [0.4, 0.5) is 4.39 Å². The van der Waals surface area contributed by atoms with Gasteiger partial charge in [-0.25, -0.2) is 9.18 Å². The first-order valence-electron chi connectivity index (χ1n) is 11.5. The molecule has 174 valence electrons. The molecule has 6 heteroatoms.